The Balaban J connectivity index is 1.99. The number of nitrogens with zero attached hydrogens (tertiary/aromatic N) is 1. The van der Waals surface area contributed by atoms with Crippen molar-refractivity contribution in [3.05, 3.63) is 29.8 Å². The number of guanidine groups is 1. The molecule has 0 heterocycles. The summed E-state index contributed by atoms with van der Waals surface area (Å²) in [6.07, 6.45) is 2.56. The number of nitrogens with one attached hydrogen (secondary N) is 3. The highest BCUT2D eigenvalue weighted by Gasteiger charge is 2.21. The lowest BCUT2D eigenvalue weighted by molar-refractivity contribution is 0.204. The van der Waals surface area contributed by atoms with Gasteiger partial charge in [0.2, 0.25) is 10.0 Å². The summed E-state index contributed by atoms with van der Waals surface area (Å²) in [6, 6.07) is 6.85. The molecule has 1 aliphatic carbocycles. The second kappa shape index (κ2) is 9.74. The lowest BCUT2D eigenvalue weighted by Gasteiger charge is -2.11. The summed E-state index contributed by atoms with van der Waals surface area (Å²) in [6.45, 7) is 4.74. The Kier molecular flexibility index (Phi) is 7.67. The molecule has 1 aromatic rings. The Morgan fingerprint density at radius 3 is 2.80 bits per heavy atom. The van der Waals surface area contributed by atoms with E-state index < -0.39 is 10.0 Å². The lowest BCUT2D eigenvalue weighted by atomic mass is 10.2. The lowest BCUT2D eigenvalue weighted by Crippen LogP contribution is -2.38. The third-order valence-electron chi connectivity index (χ3n) is 3.83. The van der Waals surface area contributed by atoms with Gasteiger partial charge in [0.05, 0.1) is 18.0 Å². The number of hydrogen-bond acceptors (Lipinski definition) is 4. The number of benzene rings is 1. The molecule has 0 unspecified atom stereocenters. The Labute approximate surface area is 150 Å². The molecule has 0 radical (unpaired) electrons. The number of aliphatic imine (C=N–C) groups is 1. The highest BCUT2D eigenvalue weighted by Crippen LogP contribution is 2.27. The van der Waals surface area contributed by atoms with Crippen LogP contribution in [0.15, 0.2) is 34.2 Å². The summed E-state index contributed by atoms with van der Waals surface area (Å²) < 4.78 is 31.9. The van der Waals surface area contributed by atoms with Crippen molar-refractivity contribution in [1.29, 1.82) is 0 Å². The molecule has 1 aliphatic rings. The molecular weight excluding hydrogens is 340 g/mol. The summed E-state index contributed by atoms with van der Waals surface area (Å²) >= 11 is 0. The zero-order valence-electron chi connectivity index (χ0n) is 14.9. The van der Waals surface area contributed by atoms with Gasteiger partial charge in [0.15, 0.2) is 5.96 Å². The van der Waals surface area contributed by atoms with Gasteiger partial charge in [-0.1, -0.05) is 12.1 Å². The zero-order chi connectivity index (χ0) is 18.1. The molecular formula is C17H28N4O3S. The Hall–Kier alpha value is -1.64. The third-order valence-corrected chi connectivity index (χ3v) is 5.28. The predicted molar refractivity (Wildman–Crippen MR) is 99.0 cm³/mol. The van der Waals surface area contributed by atoms with Crippen molar-refractivity contribution in [2.45, 2.75) is 31.2 Å². The molecule has 0 bridgehead atoms. The van der Waals surface area contributed by atoms with E-state index in [1.54, 1.807) is 18.2 Å². The van der Waals surface area contributed by atoms with E-state index in [9.17, 15) is 8.42 Å². The average molecular weight is 369 g/mol. The minimum absolute atomic E-state index is 0.243. The maximum absolute atomic E-state index is 12.3. The maximum atomic E-state index is 12.3. The molecule has 1 saturated carbocycles. The first-order valence-electron chi connectivity index (χ1n) is 8.65. The second-order valence-electron chi connectivity index (χ2n) is 6.06. The SMILES string of the molecule is CCNC(=NCc1cccc(S(=O)(=O)NCCOC)c1)NCC1CC1. The van der Waals surface area contributed by atoms with E-state index >= 15 is 0 Å². The summed E-state index contributed by atoms with van der Waals surface area (Å²) in [7, 11) is -1.99. The summed E-state index contributed by atoms with van der Waals surface area (Å²) in [5.74, 6) is 1.52. The third kappa shape index (κ3) is 7.01. The van der Waals surface area contributed by atoms with Crippen LogP contribution in [0.2, 0.25) is 0 Å². The van der Waals surface area contributed by atoms with E-state index in [1.165, 1.54) is 20.0 Å². The van der Waals surface area contributed by atoms with Crippen LogP contribution in [0.4, 0.5) is 0 Å². The standard InChI is InChI=1S/C17H28N4O3S/c1-3-18-17(19-12-14-7-8-14)20-13-15-5-4-6-16(11-15)25(22,23)21-9-10-24-2/h4-6,11,14,21H,3,7-10,12-13H2,1-2H3,(H2,18,19,20). The van der Waals surface area contributed by atoms with Crippen molar-refractivity contribution in [2.75, 3.05) is 33.4 Å². The molecule has 3 N–H and O–H groups in total. The van der Waals surface area contributed by atoms with Crippen LogP contribution in [0.3, 0.4) is 0 Å². The van der Waals surface area contributed by atoms with Crippen molar-refractivity contribution in [2.24, 2.45) is 10.9 Å². The fourth-order valence-corrected chi connectivity index (χ4v) is 3.33. The second-order valence-corrected chi connectivity index (χ2v) is 7.82. The van der Waals surface area contributed by atoms with Crippen molar-refractivity contribution < 1.29 is 13.2 Å². The molecule has 7 nitrogen and oxygen atoms in total. The Morgan fingerprint density at radius 2 is 2.12 bits per heavy atom. The topological polar surface area (TPSA) is 91.8 Å². The first-order valence-corrected chi connectivity index (χ1v) is 10.1. The van der Waals surface area contributed by atoms with Gasteiger partial charge in [0, 0.05) is 26.7 Å². The van der Waals surface area contributed by atoms with Gasteiger partial charge in [-0.05, 0) is 43.4 Å². The predicted octanol–water partition coefficient (Wildman–Crippen LogP) is 1.08. The quantitative estimate of drug-likeness (QED) is 0.326. The van der Waals surface area contributed by atoms with E-state index in [1.807, 2.05) is 13.0 Å². The normalized spacial score (nSPS) is 15.2. The van der Waals surface area contributed by atoms with Crippen LogP contribution in [-0.4, -0.2) is 47.7 Å². The molecule has 0 aromatic heterocycles. The average Bonchev–Trinajstić information content (AvgIpc) is 3.42. The van der Waals surface area contributed by atoms with Gasteiger partial charge in [-0.3, -0.25) is 0 Å². The summed E-state index contributed by atoms with van der Waals surface area (Å²) in [4.78, 5) is 4.78. The van der Waals surface area contributed by atoms with Crippen LogP contribution in [0.1, 0.15) is 25.3 Å². The molecule has 25 heavy (non-hydrogen) atoms. The fraction of sp³-hybridized carbons (Fsp3) is 0.588. The summed E-state index contributed by atoms with van der Waals surface area (Å²) in [5.41, 5.74) is 0.846. The van der Waals surface area contributed by atoms with E-state index in [0.29, 0.717) is 13.2 Å². The molecule has 140 valence electrons. The summed E-state index contributed by atoms with van der Waals surface area (Å²) in [5, 5.41) is 6.54. The molecule has 1 fully saturated rings. The first-order chi connectivity index (χ1) is 12.0. The molecule has 0 aliphatic heterocycles. The van der Waals surface area contributed by atoms with Crippen molar-refractivity contribution >= 4 is 16.0 Å². The van der Waals surface area contributed by atoms with Gasteiger partial charge in [0.1, 0.15) is 0 Å². The Bertz CT molecular complexity index is 672. The highest BCUT2D eigenvalue weighted by molar-refractivity contribution is 7.89. The number of hydrogen-bond donors (Lipinski definition) is 3. The zero-order valence-corrected chi connectivity index (χ0v) is 15.7. The van der Waals surface area contributed by atoms with E-state index in [-0.39, 0.29) is 11.4 Å². The minimum Gasteiger partial charge on any atom is -0.383 e. The number of methoxy groups -OCH3 is 1. The molecule has 0 atom stereocenters. The van der Waals surface area contributed by atoms with E-state index in [2.05, 4.69) is 20.3 Å². The molecule has 2 rings (SSSR count). The van der Waals surface area contributed by atoms with Crippen molar-refractivity contribution in [3.8, 4) is 0 Å². The largest absolute Gasteiger partial charge is 0.383 e. The van der Waals surface area contributed by atoms with Gasteiger partial charge in [-0.25, -0.2) is 18.1 Å². The van der Waals surface area contributed by atoms with Crippen LogP contribution >= 0.6 is 0 Å². The maximum Gasteiger partial charge on any atom is 0.240 e. The number of ether oxygens (including phenoxy) is 1. The van der Waals surface area contributed by atoms with Gasteiger partial charge in [-0.15, -0.1) is 0 Å². The van der Waals surface area contributed by atoms with Crippen molar-refractivity contribution in [1.82, 2.24) is 15.4 Å². The Morgan fingerprint density at radius 1 is 1.32 bits per heavy atom. The van der Waals surface area contributed by atoms with Crippen LogP contribution in [0.5, 0.6) is 0 Å². The van der Waals surface area contributed by atoms with Crippen LogP contribution < -0.4 is 15.4 Å². The van der Waals surface area contributed by atoms with Gasteiger partial charge in [-0.2, -0.15) is 0 Å². The van der Waals surface area contributed by atoms with Crippen molar-refractivity contribution in [3.63, 3.8) is 0 Å². The number of sulfonamides is 1. The molecule has 8 heteroatoms. The fourth-order valence-electron chi connectivity index (χ4n) is 2.25. The minimum atomic E-state index is -3.53. The highest BCUT2D eigenvalue weighted by atomic mass is 32.2. The first kappa shape index (κ1) is 19.7. The smallest absolute Gasteiger partial charge is 0.240 e. The monoisotopic (exact) mass is 368 g/mol. The molecule has 0 saturated heterocycles. The number of rotatable bonds is 10. The van der Waals surface area contributed by atoms with E-state index in [0.717, 1.165) is 30.5 Å². The van der Waals surface area contributed by atoms with Crippen LogP contribution in [0.25, 0.3) is 0 Å². The van der Waals surface area contributed by atoms with Crippen LogP contribution in [-0.2, 0) is 21.3 Å². The molecule has 1 aromatic carbocycles. The molecule has 0 amide bonds. The van der Waals surface area contributed by atoms with Gasteiger partial charge in [0.25, 0.3) is 0 Å². The van der Waals surface area contributed by atoms with E-state index in [4.69, 9.17) is 4.74 Å². The van der Waals surface area contributed by atoms with Crippen LogP contribution in [0, 0.1) is 5.92 Å². The van der Waals surface area contributed by atoms with Gasteiger partial charge >= 0.3 is 0 Å². The molecule has 0 spiro atoms. The van der Waals surface area contributed by atoms with Gasteiger partial charge < -0.3 is 15.4 Å².